The monoisotopic (exact) mass is 253 g/mol. The average molecular weight is 253 g/mol. The van der Waals surface area contributed by atoms with Crippen LogP contribution in [0, 0.1) is 16.0 Å². The Kier molecular flexibility index (Phi) is 4.61. The van der Waals surface area contributed by atoms with Crippen molar-refractivity contribution in [3.05, 3.63) is 28.4 Å². The predicted octanol–water partition coefficient (Wildman–Crippen LogP) is 2.20. The summed E-state index contributed by atoms with van der Waals surface area (Å²) in [5.41, 5.74) is -1.00. The summed E-state index contributed by atoms with van der Waals surface area (Å²) in [6.45, 7) is 5.95. The van der Waals surface area contributed by atoms with Crippen LogP contribution in [0.1, 0.15) is 27.2 Å². The highest BCUT2D eigenvalue weighted by molar-refractivity contribution is 5.55. The van der Waals surface area contributed by atoms with E-state index < -0.39 is 10.5 Å². The lowest BCUT2D eigenvalue weighted by Crippen LogP contribution is -2.35. The highest BCUT2D eigenvalue weighted by Crippen LogP contribution is 2.22. The topological polar surface area (TPSA) is 88.3 Å². The summed E-state index contributed by atoms with van der Waals surface area (Å²) in [6.07, 6.45) is 2.09. The molecule has 0 aliphatic carbocycles. The van der Waals surface area contributed by atoms with E-state index in [1.54, 1.807) is 6.92 Å². The van der Waals surface area contributed by atoms with E-state index in [-0.39, 0.29) is 18.1 Å². The normalized spacial score (nSPS) is 14.3. The van der Waals surface area contributed by atoms with Gasteiger partial charge in [-0.15, -0.1) is 0 Å². The van der Waals surface area contributed by atoms with Gasteiger partial charge < -0.3 is 10.4 Å². The molecule has 6 heteroatoms. The summed E-state index contributed by atoms with van der Waals surface area (Å²) in [6, 6.07) is 2.89. The zero-order valence-corrected chi connectivity index (χ0v) is 10.9. The number of pyridine rings is 1. The molecule has 0 saturated heterocycles. The van der Waals surface area contributed by atoms with Gasteiger partial charge in [0.2, 0.25) is 5.82 Å². The Balaban J connectivity index is 2.71. The minimum absolute atomic E-state index is 0.0853. The second-order valence-corrected chi connectivity index (χ2v) is 5.08. The fourth-order valence-corrected chi connectivity index (χ4v) is 1.91. The van der Waals surface area contributed by atoms with Crippen LogP contribution in [0.15, 0.2) is 18.3 Å². The number of hydrogen-bond acceptors (Lipinski definition) is 5. The second kappa shape index (κ2) is 5.77. The zero-order chi connectivity index (χ0) is 13.8. The van der Waals surface area contributed by atoms with Crippen LogP contribution in [-0.2, 0) is 0 Å². The molecule has 6 nitrogen and oxygen atoms in total. The van der Waals surface area contributed by atoms with Crippen LogP contribution in [-0.4, -0.2) is 27.2 Å². The van der Waals surface area contributed by atoms with Crippen molar-refractivity contribution in [2.24, 2.45) is 5.92 Å². The maximum atomic E-state index is 10.8. The van der Waals surface area contributed by atoms with Crippen molar-refractivity contribution in [3.63, 3.8) is 0 Å². The van der Waals surface area contributed by atoms with Gasteiger partial charge >= 0.3 is 5.69 Å². The van der Waals surface area contributed by atoms with E-state index in [0.717, 1.165) is 0 Å². The van der Waals surface area contributed by atoms with Crippen molar-refractivity contribution in [1.29, 1.82) is 0 Å². The molecule has 0 aliphatic heterocycles. The Morgan fingerprint density at radius 1 is 1.61 bits per heavy atom. The highest BCUT2D eigenvalue weighted by atomic mass is 16.6. The summed E-state index contributed by atoms with van der Waals surface area (Å²) in [4.78, 5) is 14.2. The van der Waals surface area contributed by atoms with Gasteiger partial charge in [-0.3, -0.25) is 10.1 Å². The molecule has 1 aromatic rings. The van der Waals surface area contributed by atoms with Gasteiger partial charge in [0.15, 0.2) is 0 Å². The number of nitro groups is 1. The fourth-order valence-electron chi connectivity index (χ4n) is 1.91. The van der Waals surface area contributed by atoms with E-state index in [4.69, 9.17) is 0 Å². The third-order valence-electron chi connectivity index (χ3n) is 2.47. The van der Waals surface area contributed by atoms with Gasteiger partial charge in [-0.1, -0.05) is 13.8 Å². The van der Waals surface area contributed by atoms with Crippen LogP contribution < -0.4 is 5.32 Å². The van der Waals surface area contributed by atoms with E-state index in [1.165, 1.54) is 18.3 Å². The van der Waals surface area contributed by atoms with Crippen LogP contribution in [0.5, 0.6) is 0 Å². The van der Waals surface area contributed by atoms with Gasteiger partial charge in [0.1, 0.15) is 0 Å². The smallest absolute Gasteiger partial charge is 0.311 e. The molecular weight excluding hydrogens is 234 g/mol. The van der Waals surface area contributed by atoms with Crippen LogP contribution in [0.4, 0.5) is 11.5 Å². The van der Waals surface area contributed by atoms with E-state index in [2.05, 4.69) is 10.3 Å². The molecule has 2 N–H and O–H groups in total. The summed E-state index contributed by atoms with van der Waals surface area (Å²) >= 11 is 0. The van der Waals surface area contributed by atoms with Crippen molar-refractivity contribution in [1.82, 2.24) is 4.98 Å². The molecule has 1 heterocycles. The lowest BCUT2D eigenvalue weighted by Gasteiger charge is -2.25. The number of aromatic nitrogens is 1. The van der Waals surface area contributed by atoms with Crippen LogP contribution >= 0.6 is 0 Å². The Morgan fingerprint density at radius 2 is 2.28 bits per heavy atom. The minimum atomic E-state index is -0.917. The quantitative estimate of drug-likeness (QED) is 0.599. The van der Waals surface area contributed by atoms with Crippen molar-refractivity contribution in [2.45, 2.75) is 32.8 Å². The summed E-state index contributed by atoms with van der Waals surface area (Å²) < 4.78 is 0. The Labute approximate surface area is 106 Å². The number of nitrogens with one attached hydrogen (secondary N) is 1. The number of nitrogens with zero attached hydrogens (tertiary/aromatic N) is 2. The highest BCUT2D eigenvalue weighted by Gasteiger charge is 2.23. The van der Waals surface area contributed by atoms with Gasteiger partial charge in [-0.05, 0) is 25.3 Å². The van der Waals surface area contributed by atoms with Gasteiger partial charge in [-0.2, -0.15) is 0 Å². The molecule has 0 saturated carbocycles. The standard InChI is InChI=1S/C12H19N3O3/c1-9(2)7-12(3,16)8-14-11-10(15(17)18)5-4-6-13-11/h4-6,9,16H,7-8H2,1-3H3,(H,13,14). The van der Waals surface area contributed by atoms with Crippen molar-refractivity contribution < 1.29 is 10.0 Å². The molecule has 1 rings (SSSR count). The van der Waals surface area contributed by atoms with Crippen molar-refractivity contribution in [3.8, 4) is 0 Å². The van der Waals surface area contributed by atoms with Gasteiger partial charge in [0.25, 0.3) is 0 Å². The Bertz CT molecular complexity index is 419. The fraction of sp³-hybridized carbons (Fsp3) is 0.583. The number of hydrogen-bond donors (Lipinski definition) is 2. The molecular formula is C12H19N3O3. The van der Waals surface area contributed by atoms with Crippen LogP contribution in [0.3, 0.4) is 0 Å². The average Bonchev–Trinajstić information content (AvgIpc) is 2.25. The van der Waals surface area contributed by atoms with Gasteiger partial charge in [-0.25, -0.2) is 4.98 Å². The van der Waals surface area contributed by atoms with E-state index >= 15 is 0 Å². The molecule has 0 aliphatic rings. The predicted molar refractivity (Wildman–Crippen MR) is 69.5 cm³/mol. The molecule has 0 aromatic carbocycles. The van der Waals surface area contributed by atoms with Gasteiger partial charge in [0, 0.05) is 18.8 Å². The first-order valence-corrected chi connectivity index (χ1v) is 5.87. The van der Waals surface area contributed by atoms with Gasteiger partial charge in [0.05, 0.1) is 10.5 Å². The molecule has 0 amide bonds. The molecule has 18 heavy (non-hydrogen) atoms. The van der Waals surface area contributed by atoms with E-state index in [9.17, 15) is 15.2 Å². The first kappa shape index (κ1) is 14.4. The molecule has 1 atom stereocenters. The van der Waals surface area contributed by atoms with Crippen LogP contribution in [0.2, 0.25) is 0 Å². The molecule has 0 bridgehead atoms. The molecule has 1 aromatic heterocycles. The largest absolute Gasteiger partial charge is 0.388 e. The molecule has 100 valence electrons. The maximum absolute atomic E-state index is 10.8. The number of anilines is 1. The van der Waals surface area contributed by atoms with E-state index in [0.29, 0.717) is 12.3 Å². The second-order valence-electron chi connectivity index (χ2n) is 5.08. The first-order chi connectivity index (χ1) is 8.32. The van der Waals surface area contributed by atoms with Crippen LogP contribution in [0.25, 0.3) is 0 Å². The lowest BCUT2D eigenvalue weighted by molar-refractivity contribution is -0.384. The number of rotatable bonds is 6. The zero-order valence-electron chi connectivity index (χ0n) is 10.9. The van der Waals surface area contributed by atoms with Crippen molar-refractivity contribution >= 4 is 11.5 Å². The SMILES string of the molecule is CC(C)CC(C)(O)CNc1ncccc1[N+](=O)[O-]. The molecule has 0 fully saturated rings. The maximum Gasteiger partial charge on any atom is 0.311 e. The molecule has 1 unspecified atom stereocenters. The third-order valence-corrected chi connectivity index (χ3v) is 2.47. The first-order valence-electron chi connectivity index (χ1n) is 5.87. The summed E-state index contributed by atoms with van der Waals surface area (Å²) in [7, 11) is 0. The Hall–Kier alpha value is -1.69. The minimum Gasteiger partial charge on any atom is -0.388 e. The Morgan fingerprint density at radius 3 is 2.83 bits per heavy atom. The lowest BCUT2D eigenvalue weighted by atomic mass is 9.94. The summed E-state index contributed by atoms with van der Waals surface area (Å²) in [5.74, 6) is 0.534. The third kappa shape index (κ3) is 4.29. The van der Waals surface area contributed by atoms with Crippen molar-refractivity contribution in [2.75, 3.05) is 11.9 Å². The molecule has 0 spiro atoms. The van der Waals surface area contributed by atoms with E-state index in [1.807, 2.05) is 13.8 Å². The summed E-state index contributed by atoms with van der Waals surface area (Å²) in [5, 5.41) is 23.7. The number of aliphatic hydroxyl groups is 1. The molecule has 0 radical (unpaired) electrons.